The molecule has 0 aliphatic rings. The molecule has 7 heteroatoms. The number of carbonyl (C=O) groups is 1. The van der Waals surface area contributed by atoms with Gasteiger partial charge in [-0.05, 0) is 29.9 Å². The number of amides is 1. The zero-order valence-corrected chi connectivity index (χ0v) is 16.0. The molecule has 0 aliphatic heterocycles. The number of benzene rings is 1. The Morgan fingerprint density at radius 1 is 1.24 bits per heavy atom. The summed E-state index contributed by atoms with van der Waals surface area (Å²) in [6, 6.07) is 5.19. The monoisotopic (exact) mass is 380 g/mol. The predicted molar refractivity (Wildman–Crippen MR) is 96.8 cm³/mol. The van der Waals surface area contributed by atoms with Gasteiger partial charge in [-0.2, -0.15) is 13.2 Å². The Morgan fingerprint density at radius 3 is 2.36 bits per heavy atom. The van der Waals surface area contributed by atoms with Gasteiger partial charge in [0.25, 0.3) is 0 Å². The summed E-state index contributed by atoms with van der Waals surface area (Å²) in [5.41, 5.74) is 5.80. The normalized spacial score (nSPS) is 14.0. The average molecular weight is 381 g/mol. The van der Waals surface area contributed by atoms with Gasteiger partial charge < -0.3 is 10.6 Å². The van der Waals surface area contributed by atoms with Gasteiger partial charge in [-0.3, -0.25) is 4.79 Å². The van der Waals surface area contributed by atoms with Crippen molar-refractivity contribution in [2.24, 2.45) is 11.7 Å². The zero-order valence-electron chi connectivity index (χ0n) is 15.1. The minimum atomic E-state index is -4.37. The summed E-state index contributed by atoms with van der Waals surface area (Å²) in [5.74, 6) is -0.0191. The summed E-state index contributed by atoms with van der Waals surface area (Å²) >= 11 is 0. The number of rotatable bonds is 7. The molecule has 0 fully saturated rings. The lowest BCUT2D eigenvalue weighted by atomic mass is 9.95. The molecule has 0 saturated carbocycles. The van der Waals surface area contributed by atoms with Crippen LogP contribution in [0.2, 0.25) is 0 Å². The second kappa shape index (κ2) is 10.0. The summed E-state index contributed by atoms with van der Waals surface area (Å²) < 4.78 is 38.3. The lowest BCUT2D eigenvalue weighted by Gasteiger charge is -2.23. The number of carbonyl (C=O) groups excluding carboxylic acids is 1. The van der Waals surface area contributed by atoms with Gasteiger partial charge in [-0.15, -0.1) is 12.4 Å². The SMILES string of the molecule is CC(CC(=O)N(C)CCC(N)C(C)C)c1cccc(C(F)(F)F)c1.Cl. The molecule has 0 aromatic heterocycles. The van der Waals surface area contributed by atoms with Crippen molar-refractivity contribution in [3.05, 3.63) is 35.4 Å². The Bertz CT molecular complexity index is 549. The number of hydrogen-bond acceptors (Lipinski definition) is 2. The van der Waals surface area contributed by atoms with Gasteiger partial charge in [-0.25, -0.2) is 0 Å². The van der Waals surface area contributed by atoms with Crippen LogP contribution in [0.1, 0.15) is 50.7 Å². The van der Waals surface area contributed by atoms with E-state index < -0.39 is 11.7 Å². The van der Waals surface area contributed by atoms with Gasteiger partial charge in [0.05, 0.1) is 5.56 Å². The smallest absolute Gasteiger partial charge is 0.346 e. The molecule has 1 aromatic carbocycles. The summed E-state index contributed by atoms with van der Waals surface area (Å²) in [6.45, 7) is 6.37. The number of nitrogens with zero attached hydrogens (tertiary/aromatic N) is 1. The average Bonchev–Trinajstić information content (AvgIpc) is 2.51. The molecule has 0 heterocycles. The zero-order chi connectivity index (χ0) is 18.5. The van der Waals surface area contributed by atoms with Crippen LogP contribution >= 0.6 is 12.4 Å². The van der Waals surface area contributed by atoms with Crippen LogP contribution in [0.4, 0.5) is 13.2 Å². The standard InChI is InChI=1S/C18H27F3N2O.ClH/c1-12(2)16(22)8-9-23(4)17(24)10-13(3)14-6-5-7-15(11-14)18(19,20)21;/h5-7,11-13,16H,8-10,22H2,1-4H3;1H. The van der Waals surface area contributed by atoms with Crippen LogP contribution in [-0.4, -0.2) is 30.4 Å². The molecule has 2 unspecified atom stereocenters. The van der Waals surface area contributed by atoms with E-state index in [0.29, 0.717) is 24.4 Å². The van der Waals surface area contributed by atoms with E-state index in [4.69, 9.17) is 5.73 Å². The molecular weight excluding hydrogens is 353 g/mol. The first-order chi connectivity index (χ1) is 11.0. The second-order valence-electron chi connectivity index (χ2n) is 6.74. The molecule has 0 aliphatic carbocycles. The maximum absolute atomic E-state index is 12.8. The van der Waals surface area contributed by atoms with Crippen LogP contribution in [0, 0.1) is 5.92 Å². The van der Waals surface area contributed by atoms with Crippen molar-refractivity contribution in [2.75, 3.05) is 13.6 Å². The van der Waals surface area contributed by atoms with Crippen molar-refractivity contribution in [3.8, 4) is 0 Å². The van der Waals surface area contributed by atoms with Crippen molar-refractivity contribution >= 4 is 18.3 Å². The van der Waals surface area contributed by atoms with Crippen LogP contribution in [-0.2, 0) is 11.0 Å². The maximum atomic E-state index is 12.8. The Labute approximate surface area is 154 Å². The molecule has 0 saturated heterocycles. The molecule has 0 spiro atoms. The fraction of sp³-hybridized carbons (Fsp3) is 0.611. The molecule has 2 N–H and O–H groups in total. The van der Waals surface area contributed by atoms with E-state index in [1.807, 2.05) is 13.8 Å². The summed E-state index contributed by atoms with van der Waals surface area (Å²) in [6.07, 6.45) is -3.49. The summed E-state index contributed by atoms with van der Waals surface area (Å²) in [7, 11) is 1.70. The highest BCUT2D eigenvalue weighted by Crippen LogP contribution is 2.31. The maximum Gasteiger partial charge on any atom is 0.416 e. The van der Waals surface area contributed by atoms with Gasteiger partial charge in [0.15, 0.2) is 0 Å². The number of nitrogens with two attached hydrogens (primary N) is 1. The van der Waals surface area contributed by atoms with Crippen molar-refractivity contribution < 1.29 is 18.0 Å². The molecule has 2 atom stereocenters. The molecule has 0 radical (unpaired) electrons. The Kier molecular flexibility index (Phi) is 9.51. The second-order valence-corrected chi connectivity index (χ2v) is 6.74. The van der Waals surface area contributed by atoms with Crippen molar-refractivity contribution in [1.29, 1.82) is 0 Å². The van der Waals surface area contributed by atoms with E-state index in [1.54, 1.807) is 24.9 Å². The molecule has 1 aromatic rings. The number of halogens is 4. The number of alkyl halides is 3. The highest BCUT2D eigenvalue weighted by atomic mass is 35.5. The van der Waals surface area contributed by atoms with Gasteiger partial charge in [-0.1, -0.05) is 39.0 Å². The van der Waals surface area contributed by atoms with E-state index in [0.717, 1.165) is 12.1 Å². The third-order valence-electron chi connectivity index (χ3n) is 4.34. The van der Waals surface area contributed by atoms with E-state index in [1.165, 1.54) is 6.07 Å². The molecule has 3 nitrogen and oxygen atoms in total. The topological polar surface area (TPSA) is 46.3 Å². The van der Waals surface area contributed by atoms with Gasteiger partial charge in [0.1, 0.15) is 0 Å². The summed E-state index contributed by atoms with van der Waals surface area (Å²) in [4.78, 5) is 13.9. The first-order valence-electron chi connectivity index (χ1n) is 8.19. The van der Waals surface area contributed by atoms with Crippen molar-refractivity contribution in [2.45, 2.75) is 51.7 Å². The largest absolute Gasteiger partial charge is 0.416 e. The fourth-order valence-electron chi connectivity index (χ4n) is 2.36. The number of hydrogen-bond donors (Lipinski definition) is 1. The van der Waals surface area contributed by atoms with Gasteiger partial charge >= 0.3 is 6.18 Å². The first kappa shape index (κ1) is 23.7. The third kappa shape index (κ3) is 7.65. The van der Waals surface area contributed by atoms with Crippen molar-refractivity contribution in [1.82, 2.24) is 4.90 Å². The lowest BCUT2D eigenvalue weighted by Crippen LogP contribution is -2.35. The van der Waals surface area contributed by atoms with Gasteiger partial charge in [0, 0.05) is 26.1 Å². The van der Waals surface area contributed by atoms with Gasteiger partial charge in [0.2, 0.25) is 5.91 Å². The van der Waals surface area contributed by atoms with E-state index >= 15 is 0 Å². The molecule has 0 bridgehead atoms. The minimum Gasteiger partial charge on any atom is -0.346 e. The van der Waals surface area contributed by atoms with Crippen LogP contribution in [0.25, 0.3) is 0 Å². The summed E-state index contributed by atoms with van der Waals surface area (Å²) in [5, 5.41) is 0. The van der Waals surface area contributed by atoms with Crippen LogP contribution in [0.5, 0.6) is 0 Å². The van der Waals surface area contributed by atoms with E-state index in [-0.39, 0.29) is 36.7 Å². The van der Waals surface area contributed by atoms with Crippen LogP contribution in [0.3, 0.4) is 0 Å². The molecule has 25 heavy (non-hydrogen) atoms. The van der Waals surface area contributed by atoms with Crippen LogP contribution < -0.4 is 5.73 Å². The van der Waals surface area contributed by atoms with Crippen LogP contribution in [0.15, 0.2) is 24.3 Å². The third-order valence-corrected chi connectivity index (χ3v) is 4.34. The Morgan fingerprint density at radius 2 is 1.84 bits per heavy atom. The molecular formula is C18H28ClF3N2O. The Hall–Kier alpha value is -1.27. The highest BCUT2D eigenvalue weighted by Gasteiger charge is 2.30. The lowest BCUT2D eigenvalue weighted by molar-refractivity contribution is -0.137. The van der Waals surface area contributed by atoms with Crippen molar-refractivity contribution in [3.63, 3.8) is 0 Å². The first-order valence-corrected chi connectivity index (χ1v) is 8.19. The molecule has 144 valence electrons. The minimum absolute atomic E-state index is 0. The highest BCUT2D eigenvalue weighted by molar-refractivity contribution is 5.85. The molecule has 1 rings (SSSR count). The molecule has 1 amide bonds. The fourth-order valence-corrected chi connectivity index (χ4v) is 2.36. The quantitative estimate of drug-likeness (QED) is 0.759. The Balaban J connectivity index is 0.00000576. The van der Waals surface area contributed by atoms with E-state index in [9.17, 15) is 18.0 Å². The van der Waals surface area contributed by atoms with E-state index in [2.05, 4.69) is 0 Å². The predicted octanol–water partition coefficient (Wildman–Crippen LogP) is 4.45.